The molecule has 0 saturated heterocycles. The van der Waals surface area contributed by atoms with Crippen molar-refractivity contribution in [2.75, 3.05) is 0 Å². The van der Waals surface area contributed by atoms with Crippen molar-refractivity contribution < 1.29 is 50.2 Å². The van der Waals surface area contributed by atoms with Gasteiger partial charge in [-0.15, -0.1) is 0 Å². The van der Waals surface area contributed by atoms with Gasteiger partial charge in [0.15, 0.2) is 0 Å². The van der Waals surface area contributed by atoms with Crippen molar-refractivity contribution >= 4 is 50.2 Å². The van der Waals surface area contributed by atoms with Crippen molar-refractivity contribution in [2.24, 2.45) is 4.40 Å². The van der Waals surface area contributed by atoms with E-state index in [2.05, 4.69) is 25.6 Å². The van der Waals surface area contributed by atoms with Crippen LogP contribution in [0.3, 0.4) is 0 Å². The Morgan fingerprint density at radius 3 is 1.79 bits per heavy atom. The van der Waals surface area contributed by atoms with Crippen molar-refractivity contribution in [1.82, 2.24) is 5.32 Å². The van der Waals surface area contributed by atoms with Gasteiger partial charge >= 0.3 is 24.2 Å². The van der Waals surface area contributed by atoms with Crippen molar-refractivity contribution in [3.8, 4) is 0 Å². The van der Waals surface area contributed by atoms with E-state index in [0.29, 0.717) is 10.7 Å². The minimum Gasteiger partial charge on any atom is -0.458 e. The van der Waals surface area contributed by atoms with E-state index in [1.165, 1.54) is 45.0 Å². The first-order valence-electron chi connectivity index (χ1n) is 13.2. The minimum atomic E-state index is -5.17. The number of hydrogen-bond donors (Lipinski definition) is 1. The molecule has 0 aromatic heterocycles. The fourth-order valence-corrected chi connectivity index (χ4v) is 5.29. The Kier molecular flexibility index (Phi) is 12.4. The third-order valence-corrected chi connectivity index (χ3v) is 7.62. The van der Waals surface area contributed by atoms with Gasteiger partial charge < -0.3 is 19.5 Å². The summed E-state index contributed by atoms with van der Waals surface area (Å²) in [6, 6.07) is 3.61. The number of benzene rings is 1. The number of nitrogens with one attached hydrogen (secondary N) is 1. The Hall–Kier alpha value is -2.68. The molecule has 0 heterocycles. The summed E-state index contributed by atoms with van der Waals surface area (Å²) in [5, 5.41) is 2.29. The maximum Gasteiger partial charge on any atom is 0.408 e. The average Bonchev–Trinajstić information content (AvgIpc) is 2.75. The molecule has 10 nitrogen and oxygen atoms in total. The monoisotopic (exact) mass is 700 g/mol. The van der Waals surface area contributed by atoms with Crippen LogP contribution in [0.1, 0.15) is 87.1 Å². The van der Waals surface area contributed by atoms with Gasteiger partial charge in [0, 0.05) is 23.5 Å². The molecule has 0 radical (unpaired) electrons. The van der Waals surface area contributed by atoms with Gasteiger partial charge in [-0.1, -0.05) is 28.1 Å². The van der Waals surface area contributed by atoms with Crippen molar-refractivity contribution in [3.05, 3.63) is 34.3 Å². The highest BCUT2D eigenvalue weighted by Crippen LogP contribution is 2.42. The molecule has 0 fully saturated rings. The van der Waals surface area contributed by atoms with E-state index in [0.717, 1.165) is 0 Å². The predicted molar refractivity (Wildman–Crippen MR) is 158 cm³/mol. The summed E-state index contributed by atoms with van der Waals surface area (Å²) in [6.45, 7) is 13.8. The zero-order chi connectivity index (χ0) is 33.7. The molecule has 15 heteroatoms. The number of alkyl carbamates (subject to hydrolysis) is 1. The second-order valence-corrected chi connectivity index (χ2v) is 15.5. The predicted octanol–water partition coefficient (Wildman–Crippen LogP) is 6.35. The van der Waals surface area contributed by atoms with Gasteiger partial charge in [-0.05, 0) is 86.4 Å². The molecular weight excluding hydrogens is 661 g/mol. The first-order chi connectivity index (χ1) is 19.2. The van der Waals surface area contributed by atoms with E-state index in [9.17, 15) is 36.0 Å². The highest BCUT2D eigenvalue weighted by atomic mass is 79.9. The lowest BCUT2D eigenvalue weighted by molar-refractivity contribution is -0.162. The number of carbonyl (C=O) groups excluding carboxylic acids is 3. The summed E-state index contributed by atoms with van der Waals surface area (Å²) in [4.78, 5) is 38.8. The Balaban J connectivity index is 3.69. The Bertz CT molecular complexity index is 1280. The molecule has 0 aliphatic carbocycles. The van der Waals surface area contributed by atoms with E-state index < -0.39 is 81.1 Å². The standard InChI is InChI=1S/C28H40BrF3N2O8S/c1-24(2,3)40-21(35)20(34-23(37)42-26(7,8)9)14-17-33-43(38,39)27(15-16-28(30,31)32,22(36)41-25(4,5)6)18-10-12-19(29)13-11-18/h10-13,17,20H,14-16H2,1-9H3,(H,34,37)/b33-17+/t20-,27-/m0/s1. The molecule has 1 aromatic rings. The van der Waals surface area contributed by atoms with Crippen molar-refractivity contribution in [3.63, 3.8) is 0 Å². The van der Waals surface area contributed by atoms with Crippen LogP contribution >= 0.6 is 15.9 Å². The molecule has 0 saturated carbocycles. The maximum absolute atomic E-state index is 13.9. The quantitative estimate of drug-likeness (QED) is 0.169. The van der Waals surface area contributed by atoms with Gasteiger partial charge in [-0.2, -0.15) is 17.6 Å². The van der Waals surface area contributed by atoms with E-state index in [4.69, 9.17) is 14.2 Å². The molecule has 1 N–H and O–H groups in total. The summed E-state index contributed by atoms with van der Waals surface area (Å²) >= 11 is 3.19. The maximum atomic E-state index is 13.9. The summed E-state index contributed by atoms with van der Waals surface area (Å²) in [5.74, 6) is -2.41. The zero-order valence-electron chi connectivity index (χ0n) is 25.7. The molecule has 1 amide bonds. The summed E-state index contributed by atoms with van der Waals surface area (Å²) in [6.07, 6.45) is -8.59. The van der Waals surface area contributed by atoms with Crippen LogP contribution in [0.4, 0.5) is 18.0 Å². The largest absolute Gasteiger partial charge is 0.458 e. The second kappa shape index (κ2) is 14.0. The normalized spacial score (nSPS) is 15.4. The van der Waals surface area contributed by atoms with Gasteiger partial charge in [0.25, 0.3) is 10.0 Å². The number of amides is 1. The number of carbonyl (C=O) groups is 3. The lowest BCUT2D eigenvalue weighted by atomic mass is 9.92. The second-order valence-electron chi connectivity index (χ2n) is 12.7. The van der Waals surface area contributed by atoms with E-state index >= 15 is 0 Å². The topological polar surface area (TPSA) is 137 Å². The molecular formula is C28H40BrF3N2O8S. The highest BCUT2D eigenvalue weighted by Gasteiger charge is 2.56. The van der Waals surface area contributed by atoms with Gasteiger partial charge in [-0.3, -0.25) is 0 Å². The third-order valence-electron chi connectivity index (χ3n) is 5.18. The number of halogens is 4. The molecule has 0 bridgehead atoms. The molecule has 0 aliphatic rings. The van der Waals surface area contributed by atoms with Crippen LogP contribution in [-0.2, 0) is 38.6 Å². The van der Waals surface area contributed by atoms with Gasteiger partial charge in [-0.25, -0.2) is 22.8 Å². The van der Waals surface area contributed by atoms with Crippen LogP contribution in [0.15, 0.2) is 33.1 Å². The molecule has 0 spiro atoms. The number of rotatable bonds is 10. The van der Waals surface area contributed by atoms with Crippen LogP contribution in [0.5, 0.6) is 0 Å². The van der Waals surface area contributed by atoms with Crippen molar-refractivity contribution in [1.29, 1.82) is 0 Å². The first-order valence-corrected chi connectivity index (χ1v) is 15.5. The lowest BCUT2D eigenvalue weighted by Gasteiger charge is -2.33. The first kappa shape index (κ1) is 38.3. The summed E-state index contributed by atoms with van der Waals surface area (Å²) in [5.41, 5.74) is -3.49. The summed E-state index contributed by atoms with van der Waals surface area (Å²) in [7, 11) is -5.17. The number of esters is 2. The van der Waals surface area contributed by atoms with Crippen molar-refractivity contribution in [2.45, 2.75) is 115 Å². The number of ether oxygens (including phenoxy) is 3. The molecule has 0 aliphatic heterocycles. The lowest BCUT2D eigenvalue weighted by Crippen LogP contribution is -2.47. The van der Waals surface area contributed by atoms with E-state index in [-0.39, 0.29) is 5.56 Å². The van der Waals surface area contributed by atoms with Crippen LogP contribution in [0.2, 0.25) is 0 Å². The van der Waals surface area contributed by atoms with Gasteiger partial charge in [0.2, 0.25) is 4.75 Å². The number of sulfonamides is 1. The number of nitrogens with zero attached hydrogens (tertiary/aromatic N) is 1. The molecule has 244 valence electrons. The van der Waals surface area contributed by atoms with Crippen LogP contribution in [0, 0.1) is 0 Å². The number of hydrogen-bond acceptors (Lipinski definition) is 8. The fourth-order valence-electron chi connectivity index (χ4n) is 3.52. The molecule has 43 heavy (non-hydrogen) atoms. The Morgan fingerprint density at radius 2 is 1.35 bits per heavy atom. The SMILES string of the molecule is CC(C)(C)OC(=O)N[C@@H](C/C=N/S(=O)(=O)[C@](CCC(F)(F)F)(C(=O)OC(C)(C)C)c1ccc(Br)cc1)C(=O)OC(C)(C)C. The van der Waals surface area contributed by atoms with Crippen LogP contribution in [0.25, 0.3) is 0 Å². The zero-order valence-corrected chi connectivity index (χ0v) is 28.1. The molecule has 0 unspecified atom stereocenters. The smallest absolute Gasteiger partial charge is 0.408 e. The van der Waals surface area contributed by atoms with E-state index in [1.54, 1.807) is 41.5 Å². The molecule has 2 atom stereocenters. The fraction of sp³-hybridized carbons (Fsp3) is 0.643. The summed E-state index contributed by atoms with van der Waals surface area (Å²) < 4.78 is 85.1. The average molecular weight is 702 g/mol. The Morgan fingerprint density at radius 1 is 0.860 bits per heavy atom. The highest BCUT2D eigenvalue weighted by molar-refractivity contribution is 9.10. The van der Waals surface area contributed by atoms with Crippen LogP contribution < -0.4 is 5.32 Å². The van der Waals surface area contributed by atoms with Gasteiger partial charge in [0.1, 0.15) is 22.8 Å². The van der Waals surface area contributed by atoms with E-state index in [1.807, 2.05) is 0 Å². The minimum absolute atomic E-state index is 0.304. The number of alkyl halides is 3. The van der Waals surface area contributed by atoms with Gasteiger partial charge in [0.05, 0.1) is 0 Å². The molecule has 1 aromatic carbocycles. The Labute approximate surface area is 259 Å². The third kappa shape index (κ3) is 12.8. The van der Waals surface area contributed by atoms with Crippen LogP contribution in [-0.4, -0.2) is 61.7 Å². The molecule has 1 rings (SSSR count).